The first kappa shape index (κ1) is 14.3. The topological polar surface area (TPSA) is 92.4 Å². The molecule has 108 valence electrons. The third-order valence-electron chi connectivity index (χ3n) is 4.81. The van der Waals surface area contributed by atoms with Crippen molar-refractivity contribution in [2.24, 2.45) is 16.6 Å². The summed E-state index contributed by atoms with van der Waals surface area (Å²) >= 11 is 0. The lowest BCUT2D eigenvalue weighted by atomic mass is 9.71. The number of hydrogen-bond acceptors (Lipinski definition) is 3. The molecule has 4 N–H and O–H groups in total. The summed E-state index contributed by atoms with van der Waals surface area (Å²) in [7, 11) is 0. The van der Waals surface area contributed by atoms with Crippen LogP contribution in [0.3, 0.4) is 0 Å². The highest BCUT2D eigenvalue weighted by molar-refractivity contribution is 5.81. The van der Waals surface area contributed by atoms with Crippen LogP contribution in [0.25, 0.3) is 0 Å². The van der Waals surface area contributed by atoms with Crippen LogP contribution in [0, 0.1) is 10.8 Å². The Morgan fingerprint density at radius 1 is 1.11 bits per heavy atom. The zero-order valence-corrected chi connectivity index (χ0v) is 11.4. The second-order valence-corrected chi connectivity index (χ2v) is 6.30. The van der Waals surface area contributed by atoms with Crippen molar-refractivity contribution < 1.29 is 14.7 Å². The first-order valence-electron chi connectivity index (χ1n) is 7.22. The quantitative estimate of drug-likeness (QED) is 0.676. The summed E-state index contributed by atoms with van der Waals surface area (Å²) in [6.07, 6.45) is 7.33. The summed E-state index contributed by atoms with van der Waals surface area (Å²) in [6.45, 7) is 0.812. The van der Waals surface area contributed by atoms with Gasteiger partial charge in [0.15, 0.2) is 0 Å². The zero-order chi connectivity index (χ0) is 13.9. The van der Waals surface area contributed by atoms with Crippen molar-refractivity contribution in [3.05, 3.63) is 0 Å². The highest BCUT2D eigenvalue weighted by Crippen LogP contribution is 2.45. The molecule has 0 aromatic carbocycles. The minimum Gasteiger partial charge on any atom is -0.481 e. The fourth-order valence-electron chi connectivity index (χ4n) is 3.04. The summed E-state index contributed by atoms with van der Waals surface area (Å²) in [4.78, 5) is 23.0. The normalized spacial score (nSPS) is 23.6. The van der Waals surface area contributed by atoms with E-state index >= 15 is 0 Å². The number of hydrogen-bond donors (Lipinski definition) is 3. The lowest BCUT2D eigenvalue weighted by Gasteiger charge is -2.35. The fourth-order valence-corrected chi connectivity index (χ4v) is 3.04. The minimum atomic E-state index is -0.793. The molecule has 0 unspecified atom stereocenters. The number of carbonyl (C=O) groups is 2. The molecule has 2 saturated carbocycles. The second kappa shape index (κ2) is 5.49. The second-order valence-electron chi connectivity index (χ2n) is 6.30. The molecule has 5 nitrogen and oxygen atoms in total. The van der Waals surface area contributed by atoms with Gasteiger partial charge in [-0.05, 0) is 37.6 Å². The van der Waals surface area contributed by atoms with E-state index in [-0.39, 0.29) is 17.9 Å². The Kier molecular flexibility index (Phi) is 4.13. The Labute approximate surface area is 113 Å². The molecule has 2 fully saturated rings. The molecule has 0 radical (unpaired) electrons. The van der Waals surface area contributed by atoms with Gasteiger partial charge < -0.3 is 16.2 Å². The van der Waals surface area contributed by atoms with Crippen molar-refractivity contribution in [2.75, 3.05) is 13.1 Å². The molecule has 2 aliphatic rings. The van der Waals surface area contributed by atoms with E-state index in [4.69, 9.17) is 10.8 Å². The van der Waals surface area contributed by atoms with E-state index in [9.17, 15) is 9.59 Å². The molecule has 0 heterocycles. The Balaban J connectivity index is 1.81. The summed E-state index contributed by atoms with van der Waals surface area (Å²) < 4.78 is 0. The van der Waals surface area contributed by atoms with Crippen LogP contribution in [0.2, 0.25) is 0 Å². The molecule has 1 amide bonds. The molecule has 0 saturated heterocycles. The fraction of sp³-hybridized carbons (Fsp3) is 0.857. The summed E-state index contributed by atoms with van der Waals surface area (Å²) in [5, 5.41) is 11.9. The van der Waals surface area contributed by atoms with Crippen molar-refractivity contribution in [1.82, 2.24) is 5.32 Å². The van der Waals surface area contributed by atoms with Gasteiger partial charge >= 0.3 is 5.97 Å². The van der Waals surface area contributed by atoms with Crippen molar-refractivity contribution in [2.45, 2.75) is 51.4 Å². The maximum Gasteiger partial charge on any atom is 0.311 e. The number of aliphatic carboxylic acids is 1. The van der Waals surface area contributed by atoms with Crippen LogP contribution in [0.5, 0.6) is 0 Å². The van der Waals surface area contributed by atoms with Crippen LogP contribution in [0.15, 0.2) is 0 Å². The van der Waals surface area contributed by atoms with Crippen LogP contribution < -0.4 is 11.1 Å². The molecular formula is C14H24N2O3. The van der Waals surface area contributed by atoms with E-state index in [1.807, 2.05) is 0 Å². The van der Waals surface area contributed by atoms with Gasteiger partial charge in [0, 0.05) is 13.0 Å². The first-order valence-corrected chi connectivity index (χ1v) is 7.22. The average molecular weight is 268 g/mol. The zero-order valence-electron chi connectivity index (χ0n) is 11.4. The lowest BCUT2D eigenvalue weighted by molar-refractivity contribution is -0.143. The summed E-state index contributed by atoms with van der Waals surface area (Å²) in [6, 6.07) is 0. The number of nitrogens with one attached hydrogen (secondary N) is 1. The highest BCUT2D eigenvalue weighted by atomic mass is 16.4. The summed E-state index contributed by atoms with van der Waals surface area (Å²) in [5.74, 6) is -0.834. The Hall–Kier alpha value is -1.10. The molecule has 0 spiro atoms. The molecule has 5 heteroatoms. The average Bonchev–Trinajstić information content (AvgIpc) is 3.19. The van der Waals surface area contributed by atoms with Crippen molar-refractivity contribution >= 4 is 11.9 Å². The maximum atomic E-state index is 12.0. The van der Waals surface area contributed by atoms with E-state index in [2.05, 4.69) is 5.32 Å². The van der Waals surface area contributed by atoms with E-state index in [0.29, 0.717) is 25.8 Å². The number of carboxylic acid groups (broad SMARTS) is 1. The van der Waals surface area contributed by atoms with Crippen molar-refractivity contribution in [3.63, 3.8) is 0 Å². The summed E-state index contributed by atoms with van der Waals surface area (Å²) in [5.41, 5.74) is 5.12. The molecule has 0 aromatic rings. The number of amides is 1. The van der Waals surface area contributed by atoms with Crippen LogP contribution in [-0.4, -0.2) is 30.1 Å². The van der Waals surface area contributed by atoms with Crippen LogP contribution in [-0.2, 0) is 9.59 Å². The van der Waals surface area contributed by atoms with Crippen molar-refractivity contribution in [1.29, 1.82) is 0 Å². The van der Waals surface area contributed by atoms with E-state index < -0.39 is 11.4 Å². The number of carbonyl (C=O) groups excluding carboxylic acids is 1. The van der Waals surface area contributed by atoms with Crippen LogP contribution in [0.4, 0.5) is 0 Å². The van der Waals surface area contributed by atoms with E-state index in [0.717, 1.165) is 25.7 Å². The molecule has 0 aliphatic heterocycles. The molecule has 2 rings (SSSR count). The van der Waals surface area contributed by atoms with Crippen LogP contribution in [0.1, 0.15) is 51.4 Å². The smallest absolute Gasteiger partial charge is 0.311 e. The third kappa shape index (κ3) is 3.26. The number of nitrogens with two attached hydrogens (primary N) is 1. The van der Waals surface area contributed by atoms with Gasteiger partial charge in [0.05, 0.1) is 5.41 Å². The van der Waals surface area contributed by atoms with Gasteiger partial charge in [0.25, 0.3) is 0 Å². The lowest BCUT2D eigenvalue weighted by Crippen LogP contribution is -2.41. The SMILES string of the molecule is NCC1(CC(=O)NCC2(C(=O)O)CC2)CCCCC1. The third-order valence-corrected chi connectivity index (χ3v) is 4.81. The molecule has 19 heavy (non-hydrogen) atoms. The molecule has 0 bridgehead atoms. The maximum absolute atomic E-state index is 12.0. The van der Waals surface area contributed by atoms with Gasteiger partial charge in [-0.15, -0.1) is 0 Å². The Morgan fingerprint density at radius 3 is 2.21 bits per heavy atom. The molecular weight excluding hydrogens is 244 g/mol. The minimum absolute atomic E-state index is 0.0418. The Morgan fingerprint density at radius 2 is 1.74 bits per heavy atom. The molecule has 2 aliphatic carbocycles. The van der Waals surface area contributed by atoms with Gasteiger partial charge in [-0.3, -0.25) is 9.59 Å². The largest absolute Gasteiger partial charge is 0.481 e. The van der Waals surface area contributed by atoms with Gasteiger partial charge in [-0.25, -0.2) is 0 Å². The van der Waals surface area contributed by atoms with E-state index in [1.54, 1.807) is 0 Å². The monoisotopic (exact) mass is 268 g/mol. The predicted molar refractivity (Wildman–Crippen MR) is 71.5 cm³/mol. The van der Waals surface area contributed by atoms with Gasteiger partial charge in [-0.2, -0.15) is 0 Å². The molecule has 0 atom stereocenters. The van der Waals surface area contributed by atoms with Gasteiger partial charge in [0.2, 0.25) is 5.91 Å². The van der Waals surface area contributed by atoms with Gasteiger partial charge in [0.1, 0.15) is 0 Å². The Bertz CT molecular complexity index is 358. The van der Waals surface area contributed by atoms with Crippen LogP contribution >= 0.6 is 0 Å². The van der Waals surface area contributed by atoms with Gasteiger partial charge in [-0.1, -0.05) is 19.3 Å². The van der Waals surface area contributed by atoms with Crippen molar-refractivity contribution in [3.8, 4) is 0 Å². The predicted octanol–water partition coefficient (Wildman–Crippen LogP) is 1.27. The molecule has 0 aromatic heterocycles. The first-order chi connectivity index (χ1) is 9.02. The number of rotatable bonds is 6. The van der Waals surface area contributed by atoms with E-state index in [1.165, 1.54) is 6.42 Å². The highest BCUT2D eigenvalue weighted by Gasteiger charge is 2.50. The standard InChI is InChI=1S/C14H24N2O3/c15-9-13(4-2-1-3-5-13)8-11(17)16-10-14(6-7-14)12(18)19/h1-10,15H2,(H,16,17)(H,18,19). The number of carboxylic acids is 1.